The normalized spacial score (nSPS) is 18.5. The van der Waals surface area contributed by atoms with Gasteiger partial charge in [0.15, 0.2) is 0 Å². The van der Waals surface area contributed by atoms with Crippen molar-refractivity contribution in [2.45, 2.75) is 31.8 Å². The summed E-state index contributed by atoms with van der Waals surface area (Å²) in [6, 6.07) is 14.5. The maximum absolute atomic E-state index is 12.6. The van der Waals surface area contributed by atoms with Crippen LogP contribution in [0.15, 0.2) is 48.5 Å². The summed E-state index contributed by atoms with van der Waals surface area (Å²) in [7, 11) is 0. The minimum absolute atomic E-state index is 0.0220. The third-order valence-corrected chi connectivity index (χ3v) is 5.95. The summed E-state index contributed by atoms with van der Waals surface area (Å²) in [5.41, 5.74) is 2.58. The van der Waals surface area contributed by atoms with Gasteiger partial charge in [0.2, 0.25) is 11.8 Å². The second-order valence-electron chi connectivity index (χ2n) is 7.77. The number of amides is 3. The Morgan fingerprint density at radius 1 is 1.03 bits per heavy atom. The lowest BCUT2D eigenvalue weighted by Crippen LogP contribution is -2.56. The zero-order chi connectivity index (χ0) is 21.1. The molecule has 0 spiro atoms. The Labute approximate surface area is 180 Å². The van der Waals surface area contributed by atoms with Crippen LogP contribution in [0.25, 0.3) is 0 Å². The van der Waals surface area contributed by atoms with Crippen LogP contribution in [0.1, 0.15) is 34.3 Å². The number of halogens is 1. The molecule has 2 fully saturated rings. The highest BCUT2D eigenvalue weighted by Crippen LogP contribution is 2.24. The standard InChI is InChI=1S/C23H24ClN3O3/c24-19-9-5-16(6-10-19)11-12-25-22(29)18-7-3-17(4-8-18)14-26-15-21(28)27-13-1-2-20(27)23(26)30/h3-10,20H,1-2,11-15H2,(H,25,29)/t20-/m0/s1. The van der Waals surface area contributed by atoms with Crippen molar-refractivity contribution in [3.05, 3.63) is 70.2 Å². The van der Waals surface area contributed by atoms with Gasteiger partial charge in [0.1, 0.15) is 12.6 Å². The average molecular weight is 426 g/mol. The molecule has 1 atom stereocenters. The number of hydrogen-bond acceptors (Lipinski definition) is 3. The highest BCUT2D eigenvalue weighted by Gasteiger charge is 2.41. The van der Waals surface area contributed by atoms with Crippen LogP contribution in [0.5, 0.6) is 0 Å². The quantitative estimate of drug-likeness (QED) is 0.773. The molecule has 2 aromatic rings. The SMILES string of the molecule is O=C(NCCc1ccc(Cl)cc1)c1ccc(CN2CC(=O)N3CCC[C@H]3C2=O)cc1. The molecule has 4 rings (SSSR count). The molecule has 2 aromatic carbocycles. The lowest BCUT2D eigenvalue weighted by Gasteiger charge is -2.36. The molecule has 156 valence electrons. The number of piperazine rings is 1. The highest BCUT2D eigenvalue weighted by atomic mass is 35.5. The molecule has 3 amide bonds. The summed E-state index contributed by atoms with van der Waals surface area (Å²) in [6.45, 7) is 1.73. The molecule has 2 heterocycles. The van der Waals surface area contributed by atoms with Gasteiger partial charge in [0.05, 0.1) is 0 Å². The van der Waals surface area contributed by atoms with Crippen LogP contribution in [-0.2, 0) is 22.6 Å². The molecule has 7 heteroatoms. The number of carbonyl (C=O) groups is 3. The maximum Gasteiger partial charge on any atom is 0.251 e. The fraction of sp³-hybridized carbons (Fsp3) is 0.348. The fourth-order valence-corrected chi connectivity index (χ4v) is 4.18. The van der Waals surface area contributed by atoms with E-state index in [1.807, 2.05) is 36.4 Å². The Morgan fingerprint density at radius 2 is 1.73 bits per heavy atom. The first-order valence-electron chi connectivity index (χ1n) is 10.2. The molecule has 2 aliphatic rings. The van der Waals surface area contributed by atoms with E-state index in [4.69, 9.17) is 11.6 Å². The lowest BCUT2D eigenvalue weighted by atomic mass is 10.1. The summed E-state index contributed by atoms with van der Waals surface area (Å²) >= 11 is 5.88. The van der Waals surface area contributed by atoms with Gasteiger partial charge in [0, 0.05) is 30.2 Å². The van der Waals surface area contributed by atoms with Crippen LogP contribution >= 0.6 is 11.6 Å². The van der Waals surface area contributed by atoms with Crippen LogP contribution in [0, 0.1) is 0 Å². The van der Waals surface area contributed by atoms with Crippen molar-refractivity contribution < 1.29 is 14.4 Å². The first kappa shape index (κ1) is 20.4. The first-order valence-corrected chi connectivity index (χ1v) is 10.6. The topological polar surface area (TPSA) is 69.7 Å². The Hall–Kier alpha value is -2.86. The third kappa shape index (κ3) is 4.49. The Kier molecular flexibility index (Phi) is 6.04. The number of benzene rings is 2. The number of hydrogen-bond donors (Lipinski definition) is 1. The van der Waals surface area contributed by atoms with E-state index in [1.54, 1.807) is 21.9 Å². The van der Waals surface area contributed by atoms with Crippen LogP contribution in [0.3, 0.4) is 0 Å². The second kappa shape index (κ2) is 8.88. The Balaban J connectivity index is 1.30. The zero-order valence-electron chi connectivity index (χ0n) is 16.6. The number of nitrogens with one attached hydrogen (secondary N) is 1. The van der Waals surface area contributed by atoms with E-state index in [0.717, 1.165) is 30.4 Å². The van der Waals surface area contributed by atoms with Gasteiger partial charge < -0.3 is 15.1 Å². The number of fused-ring (bicyclic) bond motifs is 1. The van der Waals surface area contributed by atoms with E-state index in [2.05, 4.69) is 5.32 Å². The molecule has 0 bridgehead atoms. The van der Waals surface area contributed by atoms with E-state index in [0.29, 0.717) is 30.2 Å². The number of carbonyl (C=O) groups excluding carboxylic acids is 3. The van der Waals surface area contributed by atoms with Crippen molar-refractivity contribution in [2.75, 3.05) is 19.6 Å². The van der Waals surface area contributed by atoms with E-state index in [9.17, 15) is 14.4 Å². The summed E-state index contributed by atoms with van der Waals surface area (Å²) in [5.74, 6) is -0.0914. The van der Waals surface area contributed by atoms with Crippen molar-refractivity contribution in [3.63, 3.8) is 0 Å². The minimum Gasteiger partial charge on any atom is -0.352 e. The molecule has 0 unspecified atom stereocenters. The van der Waals surface area contributed by atoms with Crippen LogP contribution in [0.2, 0.25) is 5.02 Å². The van der Waals surface area contributed by atoms with Crippen molar-refractivity contribution in [1.29, 1.82) is 0 Å². The monoisotopic (exact) mass is 425 g/mol. The molecule has 0 aliphatic carbocycles. The third-order valence-electron chi connectivity index (χ3n) is 5.70. The predicted octanol–water partition coefficient (Wildman–Crippen LogP) is 2.65. The predicted molar refractivity (Wildman–Crippen MR) is 114 cm³/mol. The van der Waals surface area contributed by atoms with Crippen LogP contribution < -0.4 is 5.32 Å². The van der Waals surface area contributed by atoms with E-state index in [1.165, 1.54) is 0 Å². The van der Waals surface area contributed by atoms with Crippen molar-refractivity contribution in [3.8, 4) is 0 Å². The zero-order valence-corrected chi connectivity index (χ0v) is 17.4. The van der Waals surface area contributed by atoms with Crippen molar-refractivity contribution in [2.24, 2.45) is 0 Å². The second-order valence-corrected chi connectivity index (χ2v) is 8.21. The van der Waals surface area contributed by atoms with Gasteiger partial charge in [-0.25, -0.2) is 0 Å². The van der Waals surface area contributed by atoms with Gasteiger partial charge in [-0.05, 0) is 54.7 Å². The molecule has 0 saturated carbocycles. The molecule has 0 aromatic heterocycles. The van der Waals surface area contributed by atoms with Gasteiger partial charge >= 0.3 is 0 Å². The molecule has 2 saturated heterocycles. The molecule has 0 radical (unpaired) electrons. The smallest absolute Gasteiger partial charge is 0.251 e. The Morgan fingerprint density at radius 3 is 2.47 bits per heavy atom. The highest BCUT2D eigenvalue weighted by molar-refractivity contribution is 6.30. The van der Waals surface area contributed by atoms with Gasteiger partial charge in [-0.15, -0.1) is 0 Å². The summed E-state index contributed by atoms with van der Waals surface area (Å²) < 4.78 is 0. The number of rotatable bonds is 6. The summed E-state index contributed by atoms with van der Waals surface area (Å²) in [6.07, 6.45) is 2.36. The largest absolute Gasteiger partial charge is 0.352 e. The summed E-state index contributed by atoms with van der Waals surface area (Å²) in [5, 5.41) is 3.61. The van der Waals surface area contributed by atoms with Gasteiger partial charge in [-0.3, -0.25) is 14.4 Å². The van der Waals surface area contributed by atoms with Crippen LogP contribution in [-0.4, -0.2) is 53.2 Å². The van der Waals surface area contributed by atoms with Crippen molar-refractivity contribution >= 4 is 29.3 Å². The van der Waals surface area contributed by atoms with Gasteiger partial charge in [-0.2, -0.15) is 0 Å². The van der Waals surface area contributed by atoms with E-state index < -0.39 is 0 Å². The first-order chi connectivity index (χ1) is 14.5. The van der Waals surface area contributed by atoms with Gasteiger partial charge in [0.25, 0.3) is 5.91 Å². The van der Waals surface area contributed by atoms with Crippen molar-refractivity contribution in [1.82, 2.24) is 15.1 Å². The minimum atomic E-state index is -0.294. The molecular weight excluding hydrogens is 402 g/mol. The molecule has 30 heavy (non-hydrogen) atoms. The summed E-state index contributed by atoms with van der Waals surface area (Å²) in [4.78, 5) is 40.6. The molecule has 1 N–H and O–H groups in total. The van der Waals surface area contributed by atoms with E-state index >= 15 is 0 Å². The van der Waals surface area contributed by atoms with E-state index in [-0.39, 0.29) is 30.3 Å². The molecule has 2 aliphatic heterocycles. The number of nitrogens with zero attached hydrogens (tertiary/aromatic N) is 2. The Bertz CT molecular complexity index is 943. The molecule has 6 nitrogen and oxygen atoms in total. The van der Waals surface area contributed by atoms with Gasteiger partial charge in [-0.1, -0.05) is 35.9 Å². The average Bonchev–Trinajstić information content (AvgIpc) is 3.25. The molecular formula is C23H24ClN3O3. The van der Waals surface area contributed by atoms with Crippen LogP contribution in [0.4, 0.5) is 0 Å². The maximum atomic E-state index is 12.6. The lowest BCUT2D eigenvalue weighted by molar-refractivity contribution is -0.154. The fourth-order valence-electron chi connectivity index (χ4n) is 4.05.